The summed E-state index contributed by atoms with van der Waals surface area (Å²) in [5.41, 5.74) is 0. The Balaban J connectivity index is 3.82. The summed E-state index contributed by atoms with van der Waals surface area (Å²) in [7, 11) is 0. The number of aliphatic hydroxyl groups excluding tert-OH is 5. The van der Waals surface area contributed by atoms with Crippen LogP contribution in [-0.2, 0) is 0 Å². The third-order valence-corrected chi connectivity index (χ3v) is 5.05. The third-order valence-electron chi connectivity index (χ3n) is 5.05. The van der Waals surface area contributed by atoms with E-state index in [9.17, 15) is 20.4 Å². The van der Waals surface area contributed by atoms with Gasteiger partial charge in [-0.2, -0.15) is 0 Å². The fourth-order valence-corrected chi connectivity index (χ4v) is 3.14. The quantitative estimate of drug-likeness (QED) is 0.233. The summed E-state index contributed by atoms with van der Waals surface area (Å²) in [5.74, 6) is 0. The van der Waals surface area contributed by atoms with Crippen molar-refractivity contribution in [2.24, 2.45) is 0 Å². The lowest BCUT2D eigenvalue weighted by atomic mass is 10.0. The van der Waals surface area contributed by atoms with E-state index in [1.165, 1.54) is 51.4 Å². The molecule has 0 aliphatic rings. The molecule has 0 aromatic rings. The maximum absolute atomic E-state index is 10.1. The molecule has 0 aromatic heterocycles. The van der Waals surface area contributed by atoms with E-state index in [-0.39, 0.29) is 6.54 Å². The summed E-state index contributed by atoms with van der Waals surface area (Å²) < 4.78 is 0. The number of aliphatic hydroxyl groups is 5. The van der Waals surface area contributed by atoms with Crippen molar-refractivity contribution in [1.82, 2.24) is 4.90 Å². The molecule has 0 heterocycles. The maximum atomic E-state index is 10.1. The molecule has 4 atom stereocenters. The molecule has 0 aliphatic carbocycles. The molecule has 0 aliphatic heterocycles. The van der Waals surface area contributed by atoms with E-state index in [1.807, 2.05) is 11.8 Å². The normalized spacial score (nSPS) is 16.6. The topological polar surface area (TPSA) is 104 Å². The van der Waals surface area contributed by atoms with Gasteiger partial charge in [-0.1, -0.05) is 71.6 Å². The molecule has 5 N–H and O–H groups in total. The van der Waals surface area contributed by atoms with Crippen LogP contribution in [0.3, 0.4) is 0 Å². The van der Waals surface area contributed by atoms with Crippen LogP contribution in [0.1, 0.15) is 78.1 Å². The number of hydrogen-bond acceptors (Lipinski definition) is 6. The summed E-state index contributed by atoms with van der Waals surface area (Å²) in [6.45, 7) is 5.41. The Hall–Kier alpha value is -0.240. The van der Waals surface area contributed by atoms with Crippen LogP contribution >= 0.6 is 0 Å². The van der Waals surface area contributed by atoms with Gasteiger partial charge in [-0.05, 0) is 19.5 Å². The maximum Gasteiger partial charge on any atom is 0.111 e. The summed E-state index contributed by atoms with van der Waals surface area (Å²) in [4.78, 5) is 2.04. The largest absolute Gasteiger partial charge is 0.394 e. The van der Waals surface area contributed by atoms with Gasteiger partial charge in [0.15, 0.2) is 0 Å². The Bertz CT molecular complexity index is 306. The van der Waals surface area contributed by atoms with Gasteiger partial charge in [-0.3, -0.25) is 0 Å². The zero-order valence-corrected chi connectivity index (χ0v) is 16.9. The minimum atomic E-state index is -1.55. The van der Waals surface area contributed by atoms with Crippen molar-refractivity contribution in [1.29, 1.82) is 0 Å². The van der Waals surface area contributed by atoms with Gasteiger partial charge in [0.25, 0.3) is 0 Å². The lowest BCUT2D eigenvalue weighted by molar-refractivity contribution is -0.119. The van der Waals surface area contributed by atoms with Crippen molar-refractivity contribution in [2.45, 2.75) is 102 Å². The Kier molecular flexibility index (Phi) is 16.7. The highest BCUT2D eigenvalue weighted by atomic mass is 16.4. The number of hydrogen-bond donors (Lipinski definition) is 5. The van der Waals surface area contributed by atoms with Crippen LogP contribution in [0.25, 0.3) is 0 Å². The predicted molar refractivity (Wildman–Crippen MR) is 105 cm³/mol. The fraction of sp³-hybridized carbons (Fsp3) is 1.00. The van der Waals surface area contributed by atoms with Gasteiger partial charge in [0.1, 0.15) is 18.3 Å². The number of unbranched alkanes of at least 4 members (excludes halogenated alkanes) is 9. The highest BCUT2D eigenvalue weighted by Crippen LogP contribution is 2.12. The summed E-state index contributed by atoms with van der Waals surface area (Å²) in [6, 6.07) is 0. The first kappa shape index (κ1) is 25.8. The predicted octanol–water partition coefficient (Wildman–Crippen LogP) is 1.67. The molecule has 26 heavy (non-hydrogen) atoms. The zero-order valence-electron chi connectivity index (χ0n) is 16.9. The van der Waals surface area contributed by atoms with Gasteiger partial charge in [0, 0.05) is 6.54 Å². The fourth-order valence-electron chi connectivity index (χ4n) is 3.14. The van der Waals surface area contributed by atoms with Gasteiger partial charge < -0.3 is 30.4 Å². The molecule has 0 rings (SSSR count). The number of likely N-dealkylation sites (N-methyl/N-ethyl adjacent to an activating group) is 1. The molecule has 6 heteroatoms. The molecule has 0 saturated carbocycles. The first-order valence-corrected chi connectivity index (χ1v) is 10.5. The van der Waals surface area contributed by atoms with Crippen molar-refractivity contribution in [3.8, 4) is 0 Å². The van der Waals surface area contributed by atoms with E-state index >= 15 is 0 Å². The smallest absolute Gasteiger partial charge is 0.111 e. The molecule has 158 valence electrons. The lowest BCUT2D eigenvalue weighted by Gasteiger charge is -2.29. The van der Waals surface area contributed by atoms with Crippen LogP contribution in [0, 0.1) is 0 Å². The third kappa shape index (κ3) is 12.2. The van der Waals surface area contributed by atoms with E-state index < -0.39 is 31.0 Å². The summed E-state index contributed by atoms with van der Waals surface area (Å²) in [6.07, 6.45) is 7.12. The Labute approximate surface area is 159 Å². The molecule has 6 nitrogen and oxygen atoms in total. The van der Waals surface area contributed by atoms with Crippen LogP contribution in [0.2, 0.25) is 0 Å². The van der Waals surface area contributed by atoms with Crippen molar-refractivity contribution >= 4 is 0 Å². The molecule has 0 radical (unpaired) electrons. The first-order chi connectivity index (χ1) is 12.5. The molecule has 0 fully saturated rings. The second-order valence-electron chi connectivity index (χ2n) is 7.37. The molecule has 0 aromatic carbocycles. The van der Waals surface area contributed by atoms with Crippen LogP contribution in [-0.4, -0.2) is 81.1 Å². The van der Waals surface area contributed by atoms with E-state index in [0.717, 1.165) is 25.9 Å². The Morgan fingerprint density at radius 3 is 1.58 bits per heavy atom. The van der Waals surface area contributed by atoms with Crippen LogP contribution in [0.5, 0.6) is 0 Å². The molecular formula is C20H43NO5. The zero-order chi connectivity index (χ0) is 19.8. The highest BCUT2D eigenvalue weighted by molar-refractivity contribution is 4.82. The summed E-state index contributed by atoms with van der Waals surface area (Å²) >= 11 is 0. The van der Waals surface area contributed by atoms with Crippen LogP contribution in [0.15, 0.2) is 0 Å². The highest BCUT2D eigenvalue weighted by Gasteiger charge is 2.30. The van der Waals surface area contributed by atoms with Crippen molar-refractivity contribution in [3.63, 3.8) is 0 Å². The molecule has 0 bridgehead atoms. The van der Waals surface area contributed by atoms with Gasteiger partial charge in [0.2, 0.25) is 0 Å². The monoisotopic (exact) mass is 377 g/mol. The second kappa shape index (κ2) is 16.9. The second-order valence-corrected chi connectivity index (χ2v) is 7.37. The SMILES string of the molecule is CCCCCCCCCCCCN(CC)C[C@H](O)[C@@H](O)[C@H](O)[C@H](O)CO. The minimum absolute atomic E-state index is 0.240. The number of nitrogens with zero attached hydrogens (tertiary/aromatic N) is 1. The van der Waals surface area contributed by atoms with E-state index in [1.54, 1.807) is 0 Å². The molecular weight excluding hydrogens is 334 g/mol. The van der Waals surface area contributed by atoms with Gasteiger partial charge >= 0.3 is 0 Å². The van der Waals surface area contributed by atoms with Crippen LogP contribution < -0.4 is 0 Å². The molecule has 0 saturated heterocycles. The molecule has 0 spiro atoms. The summed E-state index contributed by atoms with van der Waals surface area (Å²) in [5, 5.41) is 47.8. The minimum Gasteiger partial charge on any atom is -0.394 e. The average molecular weight is 378 g/mol. The van der Waals surface area contributed by atoms with Crippen molar-refractivity contribution in [3.05, 3.63) is 0 Å². The standard InChI is InChI=1S/C20H43NO5/c1-3-5-6-7-8-9-10-11-12-13-14-21(4-2)15-17(23)19(25)20(26)18(24)16-22/h17-20,22-26H,3-16H2,1-2H3/t17-,18+,19+,20+/m0/s1. The molecule has 0 amide bonds. The van der Waals surface area contributed by atoms with Gasteiger partial charge in [-0.25, -0.2) is 0 Å². The van der Waals surface area contributed by atoms with Crippen molar-refractivity contribution in [2.75, 3.05) is 26.2 Å². The number of rotatable bonds is 18. The van der Waals surface area contributed by atoms with Crippen molar-refractivity contribution < 1.29 is 25.5 Å². The van der Waals surface area contributed by atoms with E-state index in [4.69, 9.17) is 5.11 Å². The van der Waals surface area contributed by atoms with E-state index in [0.29, 0.717) is 0 Å². The Morgan fingerprint density at radius 2 is 1.12 bits per heavy atom. The molecule has 0 unspecified atom stereocenters. The lowest BCUT2D eigenvalue weighted by Crippen LogP contribution is -2.49. The van der Waals surface area contributed by atoms with Gasteiger partial charge in [-0.15, -0.1) is 0 Å². The average Bonchev–Trinajstić information content (AvgIpc) is 2.66. The first-order valence-electron chi connectivity index (χ1n) is 10.5. The Morgan fingerprint density at radius 1 is 0.654 bits per heavy atom. The van der Waals surface area contributed by atoms with Crippen LogP contribution in [0.4, 0.5) is 0 Å². The van der Waals surface area contributed by atoms with Gasteiger partial charge in [0.05, 0.1) is 12.7 Å². The van der Waals surface area contributed by atoms with E-state index in [2.05, 4.69) is 6.92 Å².